The largest absolute Gasteiger partial charge is 0.366 e. The predicted molar refractivity (Wildman–Crippen MR) is 96.4 cm³/mol. The van der Waals surface area contributed by atoms with E-state index in [0.717, 1.165) is 12.0 Å². The number of nitrogens with two attached hydrogens (primary N) is 1. The van der Waals surface area contributed by atoms with Gasteiger partial charge in [0.2, 0.25) is 5.91 Å². The maximum Gasteiger partial charge on any atom is 0.248 e. The Morgan fingerprint density at radius 3 is 2.64 bits per heavy atom. The number of carbonyl (C=O) groups excluding carboxylic acids is 1. The molecule has 0 heterocycles. The van der Waals surface area contributed by atoms with E-state index in [1.807, 2.05) is 13.0 Å². The maximum absolute atomic E-state index is 11.7. The van der Waals surface area contributed by atoms with Crippen LogP contribution in [0.5, 0.6) is 0 Å². The molecule has 0 saturated heterocycles. The van der Waals surface area contributed by atoms with Crippen molar-refractivity contribution in [2.24, 2.45) is 5.73 Å². The first-order valence-corrected chi connectivity index (χ1v) is 10.6. The zero-order valence-corrected chi connectivity index (χ0v) is 14.5. The molecular formula is C19H21NOSi. The lowest BCUT2D eigenvalue weighted by atomic mass is 9.91. The second-order valence-electron chi connectivity index (χ2n) is 6.21. The van der Waals surface area contributed by atoms with Crippen LogP contribution in [0.2, 0.25) is 13.1 Å². The van der Waals surface area contributed by atoms with Crippen molar-refractivity contribution in [3.05, 3.63) is 58.7 Å². The monoisotopic (exact) mass is 307 g/mol. The summed E-state index contributed by atoms with van der Waals surface area (Å²) in [5.74, 6) is -0.348. The topological polar surface area (TPSA) is 43.1 Å². The molecule has 0 unspecified atom stereocenters. The smallest absolute Gasteiger partial charge is 0.248 e. The molecule has 0 atom stereocenters. The van der Waals surface area contributed by atoms with Gasteiger partial charge < -0.3 is 5.73 Å². The van der Waals surface area contributed by atoms with Crippen molar-refractivity contribution in [3.63, 3.8) is 0 Å². The number of amides is 1. The first-order valence-electron chi connectivity index (χ1n) is 7.72. The van der Waals surface area contributed by atoms with E-state index in [4.69, 9.17) is 5.73 Å². The summed E-state index contributed by atoms with van der Waals surface area (Å²) in [5.41, 5.74) is 12.3. The highest BCUT2D eigenvalue weighted by atomic mass is 28.3. The van der Waals surface area contributed by atoms with E-state index in [9.17, 15) is 4.79 Å². The average molecular weight is 307 g/mol. The molecule has 2 N–H and O–H groups in total. The van der Waals surface area contributed by atoms with Crippen molar-refractivity contribution >= 4 is 26.0 Å². The summed E-state index contributed by atoms with van der Waals surface area (Å²) in [4.78, 5) is 11.7. The lowest BCUT2D eigenvalue weighted by Crippen LogP contribution is -2.27. The van der Waals surface area contributed by atoms with Crippen molar-refractivity contribution in [1.82, 2.24) is 0 Å². The van der Waals surface area contributed by atoms with Gasteiger partial charge in [-0.15, -0.1) is 0 Å². The predicted octanol–water partition coefficient (Wildman–Crippen LogP) is 3.02. The zero-order valence-electron chi connectivity index (χ0n) is 13.3. The van der Waals surface area contributed by atoms with Crippen LogP contribution in [0.4, 0.5) is 0 Å². The van der Waals surface area contributed by atoms with Crippen LogP contribution >= 0.6 is 0 Å². The van der Waals surface area contributed by atoms with Gasteiger partial charge in [-0.05, 0) is 47.2 Å². The Morgan fingerprint density at radius 2 is 1.95 bits per heavy atom. The summed E-state index contributed by atoms with van der Waals surface area (Å²) in [6, 6.07) is 10.5. The van der Waals surface area contributed by atoms with E-state index in [1.165, 1.54) is 27.4 Å². The normalized spacial score (nSPS) is 12.7. The van der Waals surface area contributed by atoms with Gasteiger partial charge in [0.1, 0.15) is 0 Å². The third-order valence-electron chi connectivity index (χ3n) is 4.47. The van der Waals surface area contributed by atoms with Crippen LogP contribution in [0.3, 0.4) is 0 Å². The molecule has 0 bridgehead atoms. The van der Waals surface area contributed by atoms with Crippen LogP contribution in [0.15, 0.2) is 36.4 Å². The van der Waals surface area contributed by atoms with Crippen LogP contribution < -0.4 is 10.9 Å². The van der Waals surface area contributed by atoms with Gasteiger partial charge in [0.05, 0.1) is 8.80 Å². The molecule has 0 saturated carbocycles. The fourth-order valence-corrected chi connectivity index (χ4v) is 4.78. The molecule has 0 spiro atoms. The summed E-state index contributed by atoms with van der Waals surface area (Å²) < 4.78 is 0. The van der Waals surface area contributed by atoms with Crippen LogP contribution in [0.25, 0.3) is 17.2 Å². The zero-order chi connectivity index (χ0) is 15.9. The van der Waals surface area contributed by atoms with E-state index in [2.05, 4.69) is 49.5 Å². The first kappa shape index (κ1) is 14.8. The lowest BCUT2D eigenvalue weighted by Gasteiger charge is -2.19. The van der Waals surface area contributed by atoms with E-state index >= 15 is 0 Å². The number of allylic oxidation sites excluding steroid dienone is 1. The number of hydrogen-bond acceptors (Lipinski definition) is 1. The number of carbonyl (C=O) groups is 1. The molecule has 0 aliphatic heterocycles. The molecule has 1 aliphatic carbocycles. The number of fused-ring (bicyclic) bond motifs is 1. The molecule has 0 fully saturated rings. The van der Waals surface area contributed by atoms with E-state index < -0.39 is 8.80 Å². The molecule has 2 aromatic rings. The summed E-state index contributed by atoms with van der Waals surface area (Å²) >= 11 is 0. The molecule has 1 amide bonds. The molecule has 1 aliphatic rings. The van der Waals surface area contributed by atoms with E-state index in [0.29, 0.717) is 5.56 Å². The Kier molecular flexibility index (Phi) is 3.75. The van der Waals surface area contributed by atoms with Gasteiger partial charge in [-0.2, -0.15) is 0 Å². The van der Waals surface area contributed by atoms with E-state index in [1.54, 1.807) is 0 Å². The molecule has 22 heavy (non-hydrogen) atoms. The standard InChI is InChI=1S/C19H21NOSi/c1-12-14(19(20)21)10-11-17(22(2)3)18(12)16-9-5-7-13-6-4-8-15(13)16/h4-5,7-11,22H,6H2,1-3H3,(H2,20,21). The average Bonchev–Trinajstić information content (AvgIpc) is 2.94. The van der Waals surface area contributed by atoms with Crippen molar-refractivity contribution in [3.8, 4) is 11.1 Å². The summed E-state index contributed by atoms with van der Waals surface area (Å²) in [6.07, 6.45) is 5.40. The Bertz CT molecular complexity index is 790. The molecule has 0 aromatic heterocycles. The third kappa shape index (κ3) is 2.31. The van der Waals surface area contributed by atoms with Gasteiger partial charge >= 0.3 is 0 Å². The third-order valence-corrected chi connectivity index (χ3v) is 6.20. The Balaban J connectivity index is 2.34. The van der Waals surface area contributed by atoms with E-state index in [-0.39, 0.29) is 5.91 Å². The number of benzene rings is 2. The highest BCUT2D eigenvalue weighted by Gasteiger charge is 2.20. The van der Waals surface area contributed by atoms with Crippen LogP contribution in [-0.4, -0.2) is 14.7 Å². The summed E-state index contributed by atoms with van der Waals surface area (Å²) in [5, 5.41) is 1.40. The van der Waals surface area contributed by atoms with Gasteiger partial charge in [0.15, 0.2) is 0 Å². The number of primary amides is 1. The number of rotatable bonds is 3. The second kappa shape index (κ2) is 5.58. The second-order valence-corrected chi connectivity index (χ2v) is 9.14. The summed E-state index contributed by atoms with van der Waals surface area (Å²) in [6.45, 7) is 6.66. The van der Waals surface area contributed by atoms with Crippen molar-refractivity contribution < 1.29 is 4.79 Å². The fourth-order valence-electron chi connectivity index (χ4n) is 3.35. The highest BCUT2D eigenvalue weighted by molar-refractivity contribution is 6.72. The maximum atomic E-state index is 11.7. The van der Waals surface area contributed by atoms with Crippen LogP contribution in [0.1, 0.15) is 27.0 Å². The minimum Gasteiger partial charge on any atom is -0.366 e. The molecular weight excluding hydrogens is 286 g/mol. The van der Waals surface area contributed by atoms with Gasteiger partial charge in [-0.25, -0.2) is 0 Å². The Morgan fingerprint density at radius 1 is 1.18 bits per heavy atom. The van der Waals surface area contributed by atoms with Gasteiger partial charge in [-0.3, -0.25) is 4.79 Å². The molecule has 0 radical (unpaired) electrons. The molecule has 2 nitrogen and oxygen atoms in total. The van der Waals surface area contributed by atoms with Crippen molar-refractivity contribution in [2.45, 2.75) is 26.4 Å². The van der Waals surface area contributed by atoms with Crippen molar-refractivity contribution in [1.29, 1.82) is 0 Å². The first-order chi connectivity index (χ1) is 10.5. The van der Waals surface area contributed by atoms with Crippen LogP contribution in [0, 0.1) is 6.92 Å². The highest BCUT2D eigenvalue weighted by Crippen LogP contribution is 2.33. The minimum absolute atomic E-state index is 0.348. The quantitative estimate of drug-likeness (QED) is 0.870. The fraction of sp³-hybridized carbons (Fsp3) is 0.211. The molecule has 112 valence electrons. The van der Waals surface area contributed by atoms with Gasteiger partial charge in [-0.1, -0.05) is 54.7 Å². The molecule has 2 aromatic carbocycles. The minimum atomic E-state index is -1.02. The molecule has 3 rings (SSSR count). The Hall–Kier alpha value is -2.13. The lowest BCUT2D eigenvalue weighted by molar-refractivity contribution is 0.1000. The van der Waals surface area contributed by atoms with Gasteiger partial charge in [0, 0.05) is 5.56 Å². The van der Waals surface area contributed by atoms with Gasteiger partial charge in [0.25, 0.3) is 0 Å². The Labute approximate surface area is 133 Å². The molecule has 3 heteroatoms. The van der Waals surface area contributed by atoms with Crippen molar-refractivity contribution in [2.75, 3.05) is 0 Å². The number of hydrogen-bond donors (Lipinski definition) is 1. The van der Waals surface area contributed by atoms with Crippen LogP contribution in [-0.2, 0) is 6.42 Å². The summed E-state index contributed by atoms with van der Waals surface area (Å²) in [7, 11) is -1.02. The SMILES string of the molecule is Cc1c(C(N)=O)ccc([SiH](C)C)c1-c1cccc2c1C=CC2.